The molecule has 0 heterocycles. The van der Waals surface area contributed by atoms with Crippen LogP contribution in [0.4, 0.5) is 5.69 Å². The van der Waals surface area contributed by atoms with Crippen LogP contribution in [0.2, 0.25) is 5.02 Å². The Labute approximate surface area is 167 Å². The highest BCUT2D eigenvalue weighted by atomic mass is 35.5. The summed E-state index contributed by atoms with van der Waals surface area (Å²) in [5, 5.41) is 0.711. The van der Waals surface area contributed by atoms with E-state index in [1.54, 1.807) is 7.11 Å². The summed E-state index contributed by atoms with van der Waals surface area (Å²) in [6.45, 7) is 1.68. The van der Waals surface area contributed by atoms with Gasteiger partial charge in [0.1, 0.15) is 11.9 Å². The van der Waals surface area contributed by atoms with Gasteiger partial charge in [-0.3, -0.25) is 0 Å². The van der Waals surface area contributed by atoms with Gasteiger partial charge in [-0.2, -0.15) is 0 Å². The van der Waals surface area contributed by atoms with E-state index in [0.29, 0.717) is 11.6 Å². The van der Waals surface area contributed by atoms with Crippen molar-refractivity contribution in [3.05, 3.63) is 58.6 Å². The van der Waals surface area contributed by atoms with Crippen molar-refractivity contribution in [1.82, 2.24) is 4.90 Å². The summed E-state index contributed by atoms with van der Waals surface area (Å²) in [5.74, 6) is 0.772. The number of halogens is 1. The van der Waals surface area contributed by atoms with Crippen LogP contribution in [0.25, 0.3) is 0 Å². The van der Waals surface area contributed by atoms with Gasteiger partial charge in [-0.1, -0.05) is 29.8 Å². The van der Waals surface area contributed by atoms with Gasteiger partial charge in [-0.15, -0.1) is 0 Å². The third kappa shape index (κ3) is 6.40. The molecule has 0 aliphatic carbocycles. The lowest BCUT2D eigenvalue weighted by Crippen LogP contribution is -2.20. The van der Waals surface area contributed by atoms with Crippen LogP contribution >= 0.6 is 11.6 Å². The fraction of sp³-hybridized carbons (Fsp3) is 0.429. The molecular formula is C21H29ClN2O3. The van der Waals surface area contributed by atoms with E-state index in [2.05, 4.69) is 11.0 Å². The van der Waals surface area contributed by atoms with Crippen molar-refractivity contribution in [3.63, 3.8) is 0 Å². The zero-order valence-electron chi connectivity index (χ0n) is 16.7. The number of hydrogen-bond acceptors (Lipinski definition) is 5. The minimum Gasteiger partial charge on any atom is -0.465 e. The Balaban J connectivity index is 2.35. The van der Waals surface area contributed by atoms with Crippen molar-refractivity contribution in [2.45, 2.75) is 6.10 Å². The lowest BCUT2D eigenvalue weighted by atomic mass is 10.00. The van der Waals surface area contributed by atoms with Gasteiger partial charge >= 0.3 is 0 Å². The largest absolute Gasteiger partial charge is 0.465 e. The van der Waals surface area contributed by atoms with Crippen LogP contribution < -0.4 is 9.64 Å². The van der Waals surface area contributed by atoms with Crippen LogP contribution in [0.5, 0.6) is 5.75 Å². The molecule has 2 rings (SSSR count). The molecule has 148 valence electrons. The Bertz CT molecular complexity index is 705. The second-order valence-electron chi connectivity index (χ2n) is 6.78. The first-order chi connectivity index (χ1) is 12.9. The number of benzene rings is 2. The summed E-state index contributed by atoms with van der Waals surface area (Å²) in [4.78, 5) is 4.12. The van der Waals surface area contributed by atoms with Crippen molar-refractivity contribution in [2.75, 3.05) is 60.1 Å². The van der Waals surface area contributed by atoms with E-state index >= 15 is 0 Å². The van der Waals surface area contributed by atoms with Crippen molar-refractivity contribution in [3.8, 4) is 5.75 Å². The van der Waals surface area contributed by atoms with Crippen LogP contribution in [0.3, 0.4) is 0 Å². The molecule has 0 saturated carbocycles. The number of likely N-dealkylation sites (N-methyl/N-ethyl adjacent to an activating group) is 1. The molecule has 6 heteroatoms. The maximum atomic E-state index is 6.25. The number of hydrogen-bond donors (Lipinski definition) is 0. The third-order valence-electron chi connectivity index (χ3n) is 4.10. The second-order valence-corrected chi connectivity index (χ2v) is 7.21. The van der Waals surface area contributed by atoms with Crippen LogP contribution in [0.15, 0.2) is 42.5 Å². The lowest BCUT2D eigenvalue weighted by molar-refractivity contribution is 0.0512. The van der Waals surface area contributed by atoms with Gasteiger partial charge < -0.3 is 24.0 Å². The van der Waals surface area contributed by atoms with E-state index in [-0.39, 0.29) is 12.9 Å². The molecule has 2 aromatic rings. The number of anilines is 1. The molecule has 2 aromatic carbocycles. The smallest absolute Gasteiger partial charge is 0.188 e. The molecule has 0 aliphatic heterocycles. The van der Waals surface area contributed by atoms with Crippen molar-refractivity contribution >= 4 is 17.3 Å². The Hall–Kier alpha value is -1.79. The minimum atomic E-state index is -0.183. The molecule has 0 aromatic heterocycles. The lowest BCUT2D eigenvalue weighted by Gasteiger charge is -2.24. The van der Waals surface area contributed by atoms with Crippen LogP contribution in [0, 0.1) is 0 Å². The Morgan fingerprint density at radius 3 is 2.22 bits per heavy atom. The van der Waals surface area contributed by atoms with Crippen LogP contribution in [0.1, 0.15) is 17.2 Å². The highest BCUT2D eigenvalue weighted by molar-refractivity contribution is 6.30. The molecule has 0 bridgehead atoms. The maximum absolute atomic E-state index is 6.25. The third-order valence-corrected chi connectivity index (χ3v) is 4.35. The average Bonchev–Trinajstić information content (AvgIpc) is 2.64. The molecule has 27 heavy (non-hydrogen) atoms. The summed E-state index contributed by atoms with van der Waals surface area (Å²) in [7, 11) is 9.66. The number of nitrogens with zero attached hydrogens (tertiary/aromatic N) is 2. The zero-order chi connectivity index (χ0) is 19.8. The highest BCUT2D eigenvalue weighted by Crippen LogP contribution is 2.34. The number of methoxy groups -OCH3 is 1. The molecule has 0 amide bonds. The van der Waals surface area contributed by atoms with Crippen molar-refractivity contribution in [2.24, 2.45) is 0 Å². The van der Waals surface area contributed by atoms with E-state index in [1.165, 1.54) is 0 Å². The van der Waals surface area contributed by atoms with E-state index in [9.17, 15) is 0 Å². The van der Waals surface area contributed by atoms with E-state index in [4.69, 9.17) is 25.8 Å². The Morgan fingerprint density at radius 1 is 0.963 bits per heavy atom. The normalized spacial score (nSPS) is 12.3. The summed E-state index contributed by atoms with van der Waals surface area (Å²) in [6.07, 6.45) is -0.183. The van der Waals surface area contributed by atoms with Crippen molar-refractivity contribution < 1.29 is 14.2 Å². The first kappa shape index (κ1) is 21.5. The SMILES string of the molecule is COCOc1ccc(C(OCCN(C)C)c2ccc(Cl)cc2)cc1N(C)C. The topological polar surface area (TPSA) is 34.2 Å². The molecule has 1 atom stereocenters. The number of ether oxygens (including phenoxy) is 3. The zero-order valence-corrected chi connectivity index (χ0v) is 17.5. The minimum absolute atomic E-state index is 0.183. The fourth-order valence-electron chi connectivity index (χ4n) is 2.67. The van der Waals surface area contributed by atoms with Gasteiger partial charge in [-0.05, 0) is 49.5 Å². The second kappa shape index (κ2) is 10.5. The van der Waals surface area contributed by atoms with Gasteiger partial charge in [-0.25, -0.2) is 0 Å². The predicted octanol–water partition coefficient (Wildman–Crippen LogP) is 4.06. The molecule has 0 N–H and O–H groups in total. The Kier molecular flexibility index (Phi) is 8.38. The molecule has 0 radical (unpaired) electrons. The first-order valence-corrected chi connectivity index (χ1v) is 9.25. The first-order valence-electron chi connectivity index (χ1n) is 8.87. The van der Waals surface area contributed by atoms with Crippen molar-refractivity contribution in [1.29, 1.82) is 0 Å². The van der Waals surface area contributed by atoms with Gasteiger partial charge in [0.05, 0.1) is 12.3 Å². The molecule has 0 spiro atoms. The average molecular weight is 393 g/mol. The molecular weight excluding hydrogens is 364 g/mol. The quantitative estimate of drug-likeness (QED) is 0.570. The van der Waals surface area contributed by atoms with Gasteiger partial charge in [0.2, 0.25) is 0 Å². The Morgan fingerprint density at radius 2 is 1.63 bits per heavy atom. The summed E-state index contributed by atoms with van der Waals surface area (Å²) >= 11 is 6.06. The van der Waals surface area contributed by atoms with Gasteiger partial charge in [0, 0.05) is 32.8 Å². The maximum Gasteiger partial charge on any atom is 0.188 e. The van der Waals surface area contributed by atoms with E-state index in [0.717, 1.165) is 29.1 Å². The van der Waals surface area contributed by atoms with E-state index in [1.807, 2.05) is 69.5 Å². The fourth-order valence-corrected chi connectivity index (χ4v) is 2.79. The van der Waals surface area contributed by atoms with E-state index < -0.39 is 0 Å². The van der Waals surface area contributed by atoms with Gasteiger partial charge in [0.25, 0.3) is 0 Å². The predicted molar refractivity (Wildman–Crippen MR) is 111 cm³/mol. The monoisotopic (exact) mass is 392 g/mol. The molecule has 0 saturated heterocycles. The molecule has 5 nitrogen and oxygen atoms in total. The van der Waals surface area contributed by atoms with Crippen LogP contribution in [-0.2, 0) is 9.47 Å². The molecule has 1 unspecified atom stereocenters. The van der Waals surface area contributed by atoms with Crippen LogP contribution in [-0.4, -0.2) is 60.1 Å². The standard InChI is InChI=1S/C21H29ClN2O3/c1-23(2)12-13-26-21(16-6-9-18(22)10-7-16)17-8-11-20(27-15-25-5)19(14-17)24(3)4/h6-11,14,21H,12-13,15H2,1-5H3. The summed E-state index contributed by atoms with van der Waals surface area (Å²) in [6, 6.07) is 13.9. The number of rotatable bonds is 10. The highest BCUT2D eigenvalue weighted by Gasteiger charge is 2.18. The summed E-state index contributed by atoms with van der Waals surface area (Å²) in [5.41, 5.74) is 3.10. The molecule has 0 fully saturated rings. The van der Waals surface area contributed by atoms with Gasteiger partial charge in [0.15, 0.2) is 6.79 Å². The molecule has 0 aliphatic rings. The summed E-state index contributed by atoms with van der Waals surface area (Å²) < 4.78 is 17.0.